The molecule has 1 N–H and O–H groups in total. The number of carbonyl (C=O) groups is 1. The molecule has 5 nitrogen and oxygen atoms in total. The van der Waals surface area contributed by atoms with Crippen molar-refractivity contribution in [3.05, 3.63) is 24.3 Å². The van der Waals surface area contributed by atoms with Crippen LogP contribution < -0.4 is 15.0 Å². The lowest BCUT2D eigenvalue weighted by Crippen LogP contribution is -2.47. The molecule has 21 heavy (non-hydrogen) atoms. The Balaban J connectivity index is 1.57. The van der Waals surface area contributed by atoms with Crippen LogP contribution >= 0.6 is 0 Å². The second kappa shape index (κ2) is 6.80. The molecule has 0 atom stereocenters. The smallest absolute Gasteiger partial charge is 0.410 e. The number of piperazine rings is 1. The zero-order valence-electron chi connectivity index (χ0n) is 12.4. The summed E-state index contributed by atoms with van der Waals surface area (Å²) >= 11 is 0. The lowest BCUT2D eigenvalue weighted by molar-refractivity contribution is 0.146. The topological polar surface area (TPSA) is 44.8 Å². The van der Waals surface area contributed by atoms with Crippen molar-refractivity contribution >= 4 is 11.8 Å². The maximum Gasteiger partial charge on any atom is 0.415 e. The van der Waals surface area contributed by atoms with Gasteiger partial charge in [0, 0.05) is 45.0 Å². The monoisotopic (exact) mass is 289 g/mol. The number of ether oxygens (including phenoxy) is 1. The first-order chi connectivity index (χ1) is 10.3. The fraction of sp³-hybridized carbons (Fsp3) is 0.562. The van der Waals surface area contributed by atoms with E-state index in [2.05, 4.69) is 10.2 Å². The normalized spacial score (nSPS) is 19.4. The predicted octanol–water partition coefficient (Wildman–Crippen LogP) is 2.08. The van der Waals surface area contributed by atoms with Gasteiger partial charge in [0.05, 0.1) is 0 Å². The van der Waals surface area contributed by atoms with Crippen LogP contribution in [0.5, 0.6) is 5.75 Å². The number of piperidine rings is 1. The van der Waals surface area contributed by atoms with Gasteiger partial charge in [-0.25, -0.2) is 4.79 Å². The number of carbonyl (C=O) groups excluding carboxylic acids is 1. The van der Waals surface area contributed by atoms with Gasteiger partial charge in [-0.1, -0.05) is 0 Å². The molecule has 5 heteroatoms. The van der Waals surface area contributed by atoms with Gasteiger partial charge in [0.1, 0.15) is 5.75 Å². The molecule has 2 fully saturated rings. The van der Waals surface area contributed by atoms with Gasteiger partial charge >= 0.3 is 6.09 Å². The van der Waals surface area contributed by atoms with Gasteiger partial charge in [-0.15, -0.1) is 0 Å². The van der Waals surface area contributed by atoms with E-state index < -0.39 is 0 Å². The summed E-state index contributed by atoms with van der Waals surface area (Å²) in [6.07, 6.45) is 3.61. The van der Waals surface area contributed by atoms with E-state index in [0.29, 0.717) is 18.8 Å². The maximum atomic E-state index is 12.0. The molecule has 0 unspecified atom stereocenters. The molecule has 2 heterocycles. The third-order valence-electron chi connectivity index (χ3n) is 4.14. The van der Waals surface area contributed by atoms with Crippen molar-refractivity contribution in [3.63, 3.8) is 0 Å². The zero-order valence-corrected chi connectivity index (χ0v) is 12.4. The van der Waals surface area contributed by atoms with E-state index >= 15 is 0 Å². The third kappa shape index (κ3) is 3.67. The Morgan fingerprint density at radius 3 is 2.29 bits per heavy atom. The van der Waals surface area contributed by atoms with Crippen LogP contribution in [0.1, 0.15) is 19.3 Å². The number of nitrogens with zero attached hydrogens (tertiary/aromatic N) is 2. The molecule has 1 aromatic carbocycles. The molecule has 1 aromatic rings. The minimum Gasteiger partial charge on any atom is -0.410 e. The summed E-state index contributed by atoms with van der Waals surface area (Å²) in [5.41, 5.74) is 1.22. The van der Waals surface area contributed by atoms with E-state index in [1.165, 1.54) is 24.9 Å². The molecular formula is C16H23N3O2. The molecule has 1 amide bonds. The summed E-state index contributed by atoms with van der Waals surface area (Å²) in [4.78, 5) is 16.2. The number of rotatable bonds is 2. The van der Waals surface area contributed by atoms with E-state index in [1.807, 2.05) is 24.3 Å². The Bertz CT molecular complexity index is 463. The fourth-order valence-corrected chi connectivity index (χ4v) is 2.89. The quantitative estimate of drug-likeness (QED) is 0.905. The van der Waals surface area contributed by atoms with E-state index in [0.717, 1.165) is 26.2 Å². The average Bonchev–Trinajstić information content (AvgIpc) is 2.57. The van der Waals surface area contributed by atoms with E-state index in [9.17, 15) is 4.79 Å². The zero-order chi connectivity index (χ0) is 14.5. The van der Waals surface area contributed by atoms with Crippen LogP contribution in [0, 0.1) is 0 Å². The highest BCUT2D eigenvalue weighted by Crippen LogP contribution is 2.23. The van der Waals surface area contributed by atoms with Crippen molar-refractivity contribution in [2.75, 3.05) is 44.2 Å². The first kappa shape index (κ1) is 14.2. The summed E-state index contributed by atoms with van der Waals surface area (Å²) in [5, 5.41) is 3.22. The number of benzene rings is 1. The van der Waals surface area contributed by atoms with Crippen LogP contribution in [0.25, 0.3) is 0 Å². The SMILES string of the molecule is O=C(Oc1ccc(N2CCCCC2)cc1)N1CCNCC1. The molecule has 3 rings (SSSR count). The highest BCUT2D eigenvalue weighted by Gasteiger charge is 2.18. The fourth-order valence-electron chi connectivity index (χ4n) is 2.89. The molecule has 0 aromatic heterocycles. The highest BCUT2D eigenvalue weighted by molar-refractivity contribution is 5.71. The second-order valence-corrected chi connectivity index (χ2v) is 5.65. The van der Waals surface area contributed by atoms with Crippen LogP contribution in [0.3, 0.4) is 0 Å². The van der Waals surface area contributed by atoms with Crippen LogP contribution in [0.15, 0.2) is 24.3 Å². The average molecular weight is 289 g/mol. The molecular weight excluding hydrogens is 266 g/mol. The summed E-state index contributed by atoms with van der Waals surface area (Å²) in [5.74, 6) is 0.624. The second-order valence-electron chi connectivity index (χ2n) is 5.65. The lowest BCUT2D eigenvalue weighted by Gasteiger charge is -2.29. The third-order valence-corrected chi connectivity index (χ3v) is 4.14. The molecule has 0 aliphatic carbocycles. The van der Waals surface area contributed by atoms with Crippen molar-refractivity contribution in [1.29, 1.82) is 0 Å². The molecule has 2 aliphatic rings. The summed E-state index contributed by atoms with van der Waals surface area (Å²) in [6, 6.07) is 7.88. The number of amides is 1. The molecule has 0 saturated carbocycles. The molecule has 2 saturated heterocycles. The van der Waals surface area contributed by atoms with Crippen molar-refractivity contribution in [2.45, 2.75) is 19.3 Å². The largest absolute Gasteiger partial charge is 0.415 e. The maximum absolute atomic E-state index is 12.0. The van der Waals surface area contributed by atoms with Crippen LogP contribution in [0.2, 0.25) is 0 Å². The minimum atomic E-state index is -0.248. The molecule has 2 aliphatic heterocycles. The van der Waals surface area contributed by atoms with Crippen LogP contribution in [-0.2, 0) is 0 Å². The van der Waals surface area contributed by atoms with Crippen molar-refractivity contribution in [3.8, 4) is 5.75 Å². The number of hydrogen-bond donors (Lipinski definition) is 1. The highest BCUT2D eigenvalue weighted by atomic mass is 16.6. The first-order valence-electron chi connectivity index (χ1n) is 7.85. The Hall–Kier alpha value is -1.75. The Morgan fingerprint density at radius 1 is 0.952 bits per heavy atom. The first-order valence-corrected chi connectivity index (χ1v) is 7.85. The Labute approximate surface area is 125 Å². The van der Waals surface area contributed by atoms with Gasteiger partial charge in [-0.2, -0.15) is 0 Å². The Kier molecular flexibility index (Phi) is 4.60. The van der Waals surface area contributed by atoms with E-state index in [-0.39, 0.29) is 6.09 Å². The van der Waals surface area contributed by atoms with Crippen LogP contribution in [-0.4, -0.2) is 50.3 Å². The van der Waals surface area contributed by atoms with Gasteiger partial charge in [0.25, 0.3) is 0 Å². The van der Waals surface area contributed by atoms with Gasteiger partial charge in [0.2, 0.25) is 0 Å². The number of nitrogens with one attached hydrogen (secondary N) is 1. The molecule has 0 bridgehead atoms. The van der Waals surface area contributed by atoms with E-state index in [1.54, 1.807) is 4.90 Å². The van der Waals surface area contributed by atoms with Gasteiger partial charge in [0.15, 0.2) is 0 Å². The predicted molar refractivity (Wildman–Crippen MR) is 83.0 cm³/mol. The van der Waals surface area contributed by atoms with Crippen LogP contribution in [0.4, 0.5) is 10.5 Å². The number of hydrogen-bond acceptors (Lipinski definition) is 4. The molecule has 0 radical (unpaired) electrons. The van der Waals surface area contributed by atoms with Gasteiger partial charge in [-0.3, -0.25) is 0 Å². The Morgan fingerprint density at radius 2 is 1.62 bits per heavy atom. The number of anilines is 1. The standard InChI is InChI=1S/C16H23N3O2/c20-16(19-12-8-17-9-13-19)21-15-6-4-14(5-7-15)18-10-2-1-3-11-18/h4-7,17H,1-3,8-13H2. The summed E-state index contributed by atoms with van der Waals surface area (Å²) in [6.45, 7) is 5.35. The molecule has 0 spiro atoms. The van der Waals surface area contributed by atoms with E-state index in [4.69, 9.17) is 4.74 Å². The molecule has 114 valence electrons. The lowest BCUT2D eigenvalue weighted by atomic mass is 10.1. The van der Waals surface area contributed by atoms with Gasteiger partial charge < -0.3 is 19.9 Å². The summed E-state index contributed by atoms with van der Waals surface area (Å²) < 4.78 is 5.44. The van der Waals surface area contributed by atoms with Gasteiger partial charge in [-0.05, 0) is 43.5 Å². The summed E-state index contributed by atoms with van der Waals surface area (Å²) in [7, 11) is 0. The van der Waals surface area contributed by atoms with Crippen molar-refractivity contribution < 1.29 is 9.53 Å². The van der Waals surface area contributed by atoms with Crippen molar-refractivity contribution in [1.82, 2.24) is 10.2 Å². The minimum absolute atomic E-state index is 0.248. The van der Waals surface area contributed by atoms with Crippen molar-refractivity contribution in [2.24, 2.45) is 0 Å².